The van der Waals surface area contributed by atoms with Crippen molar-refractivity contribution in [3.63, 3.8) is 0 Å². The normalized spacial score (nSPS) is 10.0. The maximum Gasteiger partial charge on any atom is 0.311 e. The van der Waals surface area contributed by atoms with E-state index < -0.39 is 4.92 Å². The van der Waals surface area contributed by atoms with E-state index in [0.717, 1.165) is 0 Å². The van der Waals surface area contributed by atoms with Gasteiger partial charge in [0.2, 0.25) is 0 Å². The summed E-state index contributed by atoms with van der Waals surface area (Å²) in [5.41, 5.74) is -0.0889. The van der Waals surface area contributed by atoms with Crippen LogP contribution in [0.3, 0.4) is 0 Å². The number of nitro benzene ring substituents is 1. The summed E-state index contributed by atoms with van der Waals surface area (Å²) in [7, 11) is 0. The number of alkyl halides is 1. The van der Waals surface area contributed by atoms with Crippen molar-refractivity contribution in [1.82, 2.24) is 0 Å². The van der Waals surface area contributed by atoms with Gasteiger partial charge in [0.05, 0.1) is 11.5 Å². The van der Waals surface area contributed by atoms with Crippen molar-refractivity contribution >= 4 is 28.9 Å². The molecule has 6 heteroatoms. The predicted molar refractivity (Wildman–Crippen MR) is 58.9 cm³/mol. The molecule has 0 atom stereocenters. The van der Waals surface area contributed by atoms with Crippen molar-refractivity contribution in [3.8, 4) is 5.75 Å². The Labute approximate surface area is 96.9 Å². The van der Waals surface area contributed by atoms with Gasteiger partial charge in [-0.1, -0.05) is 11.6 Å². The Morgan fingerprint density at radius 3 is 2.80 bits per heavy atom. The molecule has 0 fully saturated rings. The number of nitro groups is 1. The lowest BCUT2D eigenvalue weighted by atomic mass is 10.3. The smallest absolute Gasteiger partial charge is 0.311 e. The molecule has 0 radical (unpaired) electrons. The third kappa shape index (κ3) is 3.57. The van der Waals surface area contributed by atoms with Gasteiger partial charge in [0.25, 0.3) is 0 Å². The van der Waals surface area contributed by atoms with Crippen molar-refractivity contribution < 1.29 is 9.66 Å². The molecule has 0 bridgehead atoms. The second kappa shape index (κ2) is 5.78. The summed E-state index contributed by atoms with van der Waals surface area (Å²) in [4.78, 5) is 10.1. The van der Waals surface area contributed by atoms with Crippen molar-refractivity contribution in [2.24, 2.45) is 0 Å². The molecule has 0 aliphatic rings. The maximum atomic E-state index is 10.6. The van der Waals surface area contributed by atoms with E-state index in [1.807, 2.05) is 0 Å². The summed E-state index contributed by atoms with van der Waals surface area (Å²) < 4.78 is 5.21. The Morgan fingerprint density at radius 1 is 1.47 bits per heavy atom. The highest BCUT2D eigenvalue weighted by Gasteiger charge is 2.14. The van der Waals surface area contributed by atoms with Crippen LogP contribution in [0.25, 0.3) is 0 Å². The Morgan fingerprint density at radius 2 is 2.20 bits per heavy atom. The van der Waals surface area contributed by atoms with Crippen LogP contribution in [-0.4, -0.2) is 17.4 Å². The van der Waals surface area contributed by atoms with E-state index in [1.54, 1.807) is 0 Å². The fourth-order valence-corrected chi connectivity index (χ4v) is 1.26. The standard InChI is InChI=1S/C9H9Cl2NO3/c10-4-1-5-15-9-6-7(11)2-3-8(9)12(13)14/h2-3,6H,1,4-5H2. The first-order chi connectivity index (χ1) is 7.15. The largest absolute Gasteiger partial charge is 0.487 e. The summed E-state index contributed by atoms with van der Waals surface area (Å²) in [6.07, 6.45) is 0.630. The van der Waals surface area contributed by atoms with Gasteiger partial charge in [0, 0.05) is 23.0 Å². The average molecular weight is 250 g/mol. The Balaban J connectivity index is 2.82. The van der Waals surface area contributed by atoms with Gasteiger partial charge in [-0.25, -0.2) is 0 Å². The van der Waals surface area contributed by atoms with E-state index >= 15 is 0 Å². The molecule has 0 unspecified atom stereocenters. The second-order valence-corrected chi connectivity index (χ2v) is 3.57. The molecule has 0 saturated heterocycles. The average Bonchev–Trinajstić information content (AvgIpc) is 2.18. The second-order valence-electron chi connectivity index (χ2n) is 2.76. The minimum atomic E-state index is -0.508. The quantitative estimate of drug-likeness (QED) is 0.349. The van der Waals surface area contributed by atoms with E-state index in [9.17, 15) is 10.1 Å². The van der Waals surface area contributed by atoms with Crippen molar-refractivity contribution in [1.29, 1.82) is 0 Å². The van der Waals surface area contributed by atoms with Crippen LogP contribution in [0, 0.1) is 10.1 Å². The molecule has 0 saturated carbocycles. The number of hydrogen-bond acceptors (Lipinski definition) is 3. The van der Waals surface area contributed by atoms with Crippen LogP contribution in [0.15, 0.2) is 18.2 Å². The molecule has 0 heterocycles. The Kier molecular flexibility index (Phi) is 4.65. The van der Waals surface area contributed by atoms with Gasteiger partial charge in [0.15, 0.2) is 5.75 Å². The fourth-order valence-electron chi connectivity index (χ4n) is 0.991. The number of rotatable bonds is 5. The Hall–Kier alpha value is -1.00. The summed E-state index contributed by atoms with van der Waals surface area (Å²) in [5.74, 6) is 0.631. The van der Waals surface area contributed by atoms with Crippen LogP contribution in [-0.2, 0) is 0 Å². The molecule has 0 spiro atoms. The number of nitrogens with zero attached hydrogens (tertiary/aromatic N) is 1. The molecular formula is C9H9Cl2NO3. The highest BCUT2D eigenvalue weighted by Crippen LogP contribution is 2.29. The molecule has 1 aromatic carbocycles. The molecule has 0 aliphatic heterocycles. The van der Waals surface area contributed by atoms with Gasteiger partial charge < -0.3 is 4.74 Å². The number of hydrogen-bond donors (Lipinski definition) is 0. The molecule has 0 N–H and O–H groups in total. The SMILES string of the molecule is O=[N+]([O-])c1ccc(Cl)cc1OCCCCl. The van der Waals surface area contributed by atoms with Gasteiger partial charge in [-0.05, 0) is 12.5 Å². The zero-order valence-corrected chi connectivity index (χ0v) is 9.29. The van der Waals surface area contributed by atoms with E-state index in [2.05, 4.69) is 0 Å². The van der Waals surface area contributed by atoms with E-state index in [4.69, 9.17) is 27.9 Å². The van der Waals surface area contributed by atoms with Gasteiger partial charge in [-0.15, -0.1) is 11.6 Å². The molecule has 82 valence electrons. The van der Waals surface area contributed by atoms with Crippen LogP contribution >= 0.6 is 23.2 Å². The molecule has 1 aromatic rings. The topological polar surface area (TPSA) is 52.4 Å². The lowest BCUT2D eigenvalue weighted by Crippen LogP contribution is -2.00. The molecular weight excluding hydrogens is 241 g/mol. The van der Waals surface area contributed by atoms with Crippen molar-refractivity contribution in [2.75, 3.05) is 12.5 Å². The first-order valence-corrected chi connectivity index (χ1v) is 5.19. The minimum Gasteiger partial charge on any atom is -0.487 e. The van der Waals surface area contributed by atoms with E-state index in [0.29, 0.717) is 23.9 Å². The van der Waals surface area contributed by atoms with Gasteiger partial charge in [-0.2, -0.15) is 0 Å². The third-order valence-electron chi connectivity index (χ3n) is 1.65. The highest BCUT2D eigenvalue weighted by atomic mass is 35.5. The number of halogens is 2. The van der Waals surface area contributed by atoms with Gasteiger partial charge >= 0.3 is 5.69 Å². The maximum absolute atomic E-state index is 10.6. The monoisotopic (exact) mass is 249 g/mol. The van der Waals surface area contributed by atoms with Gasteiger partial charge in [-0.3, -0.25) is 10.1 Å². The molecule has 0 aromatic heterocycles. The number of ether oxygens (including phenoxy) is 1. The molecule has 15 heavy (non-hydrogen) atoms. The van der Waals surface area contributed by atoms with Crippen LogP contribution in [0.2, 0.25) is 5.02 Å². The lowest BCUT2D eigenvalue weighted by molar-refractivity contribution is -0.385. The van der Waals surface area contributed by atoms with Crippen LogP contribution in [0.1, 0.15) is 6.42 Å². The fraction of sp³-hybridized carbons (Fsp3) is 0.333. The Bertz CT molecular complexity index is 357. The first-order valence-electron chi connectivity index (χ1n) is 4.28. The van der Waals surface area contributed by atoms with Crippen LogP contribution < -0.4 is 4.74 Å². The van der Waals surface area contributed by atoms with Crippen LogP contribution in [0.4, 0.5) is 5.69 Å². The summed E-state index contributed by atoms with van der Waals surface area (Å²) in [5, 5.41) is 11.0. The van der Waals surface area contributed by atoms with Gasteiger partial charge in [0.1, 0.15) is 0 Å². The van der Waals surface area contributed by atoms with E-state index in [-0.39, 0.29) is 11.4 Å². The molecule has 0 aliphatic carbocycles. The van der Waals surface area contributed by atoms with Crippen molar-refractivity contribution in [3.05, 3.63) is 33.3 Å². The minimum absolute atomic E-state index is 0.0889. The van der Waals surface area contributed by atoms with E-state index in [1.165, 1.54) is 18.2 Å². The summed E-state index contributed by atoms with van der Waals surface area (Å²) >= 11 is 11.2. The summed E-state index contributed by atoms with van der Waals surface area (Å²) in [6.45, 7) is 0.338. The lowest BCUT2D eigenvalue weighted by Gasteiger charge is -2.05. The zero-order chi connectivity index (χ0) is 11.3. The van der Waals surface area contributed by atoms with Crippen molar-refractivity contribution in [2.45, 2.75) is 6.42 Å². The summed E-state index contributed by atoms with van der Waals surface area (Å²) in [6, 6.07) is 4.19. The zero-order valence-electron chi connectivity index (χ0n) is 7.78. The molecule has 0 amide bonds. The highest BCUT2D eigenvalue weighted by molar-refractivity contribution is 6.30. The third-order valence-corrected chi connectivity index (χ3v) is 2.16. The molecule has 4 nitrogen and oxygen atoms in total. The first kappa shape index (κ1) is 12.1. The molecule has 1 rings (SSSR count). The predicted octanol–water partition coefficient (Wildman–Crippen LogP) is 3.26. The van der Waals surface area contributed by atoms with Crippen LogP contribution in [0.5, 0.6) is 5.75 Å². The number of benzene rings is 1.